The topological polar surface area (TPSA) is 74.2 Å². The van der Waals surface area contributed by atoms with Crippen LogP contribution in [-0.2, 0) is 17.8 Å². The molecule has 2 aromatic heterocycles. The third-order valence-electron chi connectivity index (χ3n) is 5.86. The molecule has 6 heteroatoms. The number of likely N-dealkylation sites (N-methyl/N-ethyl adjacent to an activating group) is 1. The summed E-state index contributed by atoms with van der Waals surface area (Å²) in [6, 6.07) is 7.97. The van der Waals surface area contributed by atoms with Gasteiger partial charge in [-0.3, -0.25) is 4.79 Å². The van der Waals surface area contributed by atoms with Crippen LogP contribution in [0, 0.1) is 19.8 Å². The predicted molar refractivity (Wildman–Crippen MR) is 109 cm³/mol. The Bertz CT molecular complexity index is 1000. The van der Waals surface area contributed by atoms with Crippen molar-refractivity contribution in [2.24, 2.45) is 5.92 Å². The number of H-pyrrole nitrogens is 1. The summed E-state index contributed by atoms with van der Waals surface area (Å²) in [6.45, 7) is 8.17. The Labute approximate surface area is 165 Å². The van der Waals surface area contributed by atoms with Crippen LogP contribution in [0.25, 0.3) is 11.0 Å². The Morgan fingerprint density at radius 1 is 1.32 bits per heavy atom. The number of para-hydroxylation sites is 1. The van der Waals surface area contributed by atoms with E-state index in [4.69, 9.17) is 9.40 Å². The van der Waals surface area contributed by atoms with E-state index in [0.717, 1.165) is 59.0 Å². The normalized spacial score (nSPS) is 20.1. The van der Waals surface area contributed by atoms with Gasteiger partial charge < -0.3 is 19.6 Å². The largest absolute Gasteiger partial charge is 0.459 e. The quantitative estimate of drug-likeness (QED) is 0.712. The van der Waals surface area contributed by atoms with Gasteiger partial charge in [-0.05, 0) is 27.0 Å². The van der Waals surface area contributed by atoms with Gasteiger partial charge in [0.05, 0.1) is 18.2 Å². The van der Waals surface area contributed by atoms with Crippen molar-refractivity contribution in [3.63, 3.8) is 0 Å². The fourth-order valence-electron chi connectivity index (χ4n) is 4.30. The molecule has 0 radical (unpaired) electrons. The zero-order chi connectivity index (χ0) is 19.8. The summed E-state index contributed by atoms with van der Waals surface area (Å²) in [6.07, 6.45) is 0.867. The number of carbonyl (C=O) groups is 1. The van der Waals surface area contributed by atoms with Gasteiger partial charge in [0.2, 0.25) is 5.91 Å². The SMILES string of the molecule is CCc1nc([C@H]2CN(C)C[C@@H]2C(=O)NCc2oc3ccccc3c2C)c(C)[nH]1. The van der Waals surface area contributed by atoms with Gasteiger partial charge in [0.15, 0.2) is 0 Å². The molecule has 6 nitrogen and oxygen atoms in total. The molecule has 4 rings (SSSR count). The summed E-state index contributed by atoms with van der Waals surface area (Å²) < 4.78 is 5.94. The number of aromatic amines is 1. The lowest BCUT2D eigenvalue weighted by Crippen LogP contribution is -2.34. The van der Waals surface area contributed by atoms with E-state index in [-0.39, 0.29) is 17.7 Å². The van der Waals surface area contributed by atoms with Crippen molar-refractivity contribution in [3.8, 4) is 0 Å². The van der Waals surface area contributed by atoms with Crippen LogP contribution in [0.15, 0.2) is 28.7 Å². The first-order valence-corrected chi connectivity index (χ1v) is 9.96. The number of likely N-dealkylation sites (tertiary alicyclic amines) is 1. The van der Waals surface area contributed by atoms with Gasteiger partial charge in [0, 0.05) is 42.1 Å². The van der Waals surface area contributed by atoms with Crippen LogP contribution in [0.5, 0.6) is 0 Å². The van der Waals surface area contributed by atoms with Gasteiger partial charge in [-0.2, -0.15) is 0 Å². The molecule has 1 aliphatic heterocycles. The van der Waals surface area contributed by atoms with Gasteiger partial charge in [0.25, 0.3) is 0 Å². The molecule has 0 bridgehead atoms. The molecule has 148 valence electrons. The van der Waals surface area contributed by atoms with E-state index >= 15 is 0 Å². The number of furan rings is 1. The second-order valence-electron chi connectivity index (χ2n) is 7.85. The van der Waals surface area contributed by atoms with E-state index in [1.165, 1.54) is 0 Å². The number of hydrogen-bond acceptors (Lipinski definition) is 4. The number of fused-ring (bicyclic) bond motifs is 1. The van der Waals surface area contributed by atoms with E-state index in [1.54, 1.807) is 0 Å². The van der Waals surface area contributed by atoms with Gasteiger partial charge in [0.1, 0.15) is 17.2 Å². The first-order chi connectivity index (χ1) is 13.5. The standard InChI is InChI=1S/C22H28N4O2/c1-5-20-24-14(3)21(25-20)16-11-26(4)12-17(16)22(27)23-10-19-13(2)15-8-6-7-9-18(15)28-19/h6-9,16-17H,5,10-12H2,1-4H3,(H,23,27)(H,24,25)/t16-,17-/m0/s1. The van der Waals surface area contributed by atoms with E-state index in [1.807, 2.05) is 38.1 Å². The molecule has 0 unspecified atom stereocenters. The van der Waals surface area contributed by atoms with Crippen LogP contribution in [0.4, 0.5) is 0 Å². The zero-order valence-electron chi connectivity index (χ0n) is 17.0. The highest BCUT2D eigenvalue weighted by Crippen LogP contribution is 2.33. The second kappa shape index (κ2) is 7.43. The zero-order valence-corrected chi connectivity index (χ0v) is 17.0. The number of carbonyl (C=O) groups excluding carboxylic acids is 1. The Morgan fingerprint density at radius 2 is 2.11 bits per heavy atom. The fraction of sp³-hybridized carbons (Fsp3) is 0.455. The summed E-state index contributed by atoms with van der Waals surface area (Å²) in [7, 11) is 2.06. The summed E-state index contributed by atoms with van der Waals surface area (Å²) in [5, 5.41) is 4.21. The van der Waals surface area contributed by atoms with Gasteiger partial charge in [-0.25, -0.2) is 4.98 Å². The molecule has 28 heavy (non-hydrogen) atoms. The Kier molecular flexibility index (Phi) is 4.98. The average Bonchev–Trinajstić information content (AvgIpc) is 3.35. The highest BCUT2D eigenvalue weighted by Gasteiger charge is 2.39. The molecule has 0 saturated carbocycles. The van der Waals surface area contributed by atoms with Crippen molar-refractivity contribution >= 4 is 16.9 Å². The predicted octanol–water partition coefficient (Wildman–Crippen LogP) is 3.30. The Hall–Kier alpha value is -2.60. The van der Waals surface area contributed by atoms with E-state index < -0.39 is 0 Å². The molecular weight excluding hydrogens is 352 g/mol. The molecule has 3 heterocycles. The molecule has 0 spiro atoms. The number of nitrogens with zero attached hydrogens (tertiary/aromatic N) is 2. The molecule has 1 aliphatic rings. The lowest BCUT2D eigenvalue weighted by Gasteiger charge is -2.17. The second-order valence-corrected chi connectivity index (χ2v) is 7.85. The van der Waals surface area contributed by atoms with Crippen LogP contribution in [0.2, 0.25) is 0 Å². The molecule has 1 aromatic carbocycles. The van der Waals surface area contributed by atoms with Crippen molar-refractivity contribution in [1.82, 2.24) is 20.2 Å². The minimum atomic E-state index is -0.110. The van der Waals surface area contributed by atoms with E-state index in [9.17, 15) is 4.79 Å². The first-order valence-electron chi connectivity index (χ1n) is 9.96. The molecule has 0 aliphatic carbocycles. The molecule has 2 N–H and O–H groups in total. The van der Waals surface area contributed by atoms with Gasteiger partial charge in [-0.1, -0.05) is 25.1 Å². The summed E-state index contributed by atoms with van der Waals surface area (Å²) in [5.74, 6) is 1.87. The molecule has 1 fully saturated rings. The van der Waals surface area contributed by atoms with Crippen molar-refractivity contribution in [1.29, 1.82) is 0 Å². The molecule has 3 aromatic rings. The van der Waals surface area contributed by atoms with Crippen LogP contribution in [0.3, 0.4) is 0 Å². The van der Waals surface area contributed by atoms with Crippen molar-refractivity contribution in [3.05, 3.63) is 52.8 Å². The van der Waals surface area contributed by atoms with E-state index in [0.29, 0.717) is 6.54 Å². The first kappa shape index (κ1) is 18.7. The van der Waals surface area contributed by atoms with Crippen molar-refractivity contribution in [2.75, 3.05) is 20.1 Å². The molecule has 1 saturated heterocycles. The van der Waals surface area contributed by atoms with Crippen LogP contribution >= 0.6 is 0 Å². The number of imidazole rings is 1. The molecule has 2 atom stereocenters. The van der Waals surface area contributed by atoms with Crippen molar-refractivity contribution < 1.29 is 9.21 Å². The number of rotatable bonds is 5. The smallest absolute Gasteiger partial charge is 0.225 e. The van der Waals surface area contributed by atoms with Crippen LogP contribution in [-0.4, -0.2) is 40.9 Å². The number of aryl methyl sites for hydroxylation is 3. The van der Waals surface area contributed by atoms with Crippen molar-refractivity contribution in [2.45, 2.75) is 39.7 Å². The minimum absolute atomic E-state index is 0.0645. The average molecular weight is 380 g/mol. The summed E-state index contributed by atoms with van der Waals surface area (Å²) in [4.78, 5) is 23.4. The van der Waals surface area contributed by atoms with Crippen LogP contribution < -0.4 is 5.32 Å². The number of hydrogen-bond donors (Lipinski definition) is 2. The maximum Gasteiger partial charge on any atom is 0.225 e. The Morgan fingerprint density at radius 3 is 2.82 bits per heavy atom. The number of aromatic nitrogens is 2. The highest BCUT2D eigenvalue weighted by molar-refractivity contribution is 5.83. The Balaban J connectivity index is 1.51. The maximum absolute atomic E-state index is 13.0. The summed E-state index contributed by atoms with van der Waals surface area (Å²) >= 11 is 0. The monoisotopic (exact) mass is 380 g/mol. The maximum atomic E-state index is 13.0. The fourth-order valence-corrected chi connectivity index (χ4v) is 4.30. The van der Waals surface area contributed by atoms with E-state index in [2.05, 4.69) is 29.2 Å². The van der Waals surface area contributed by atoms with Gasteiger partial charge in [-0.15, -0.1) is 0 Å². The number of benzene rings is 1. The number of nitrogens with one attached hydrogen (secondary N) is 2. The third kappa shape index (κ3) is 3.33. The highest BCUT2D eigenvalue weighted by atomic mass is 16.3. The molecular formula is C22H28N4O2. The summed E-state index contributed by atoms with van der Waals surface area (Å²) in [5.41, 5.74) is 4.05. The van der Waals surface area contributed by atoms with Crippen LogP contribution in [0.1, 0.15) is 41.4 Å². The lowest BCUT2D eigenvalue weighted by atomic mass is 9.91. The molecule has 1 amide bonds. The number of amides is 1. The van der Waals surface area contributed by atoms with Gasteiger partial charge >= 0.3 is 0 Å². The third-order valence-corrected chi connectivity index (χ3v) is 5.86. The lowest BCUT2D eigenvalue weighted by molar-refractivity contribution is -0.125. The minimum Gasteiger partial charge on any atom is -0.459 e.